The first-order chi connectivity index (χ1) is 6.81. The number of carbonyl (C=O) groups excluding carboxylic acids is 1. The molecule has 0 bridgehead atoms. The molecule has 1 amide bonds. The number of nitrogens with zero attached hydrogens (tertiary/aromatic N) is 1. The molecule has 0 aromatic heterocycles. The third-order valence-electron chi connectivity index (χ3n) is 1.88. The molecule has 0 aromatic carbocycles. The van der Waals surface area contributed by atoms with Crippen LogP contribution in [0.4, 0.5) is 0 Å². The van der Waals surface area contributed by atoms with Crippen molar-refractivity contribution in [1.82, 2.24) is 15.5 Å². The van der Waals surface area contributed by atoms with Crippen LogP contribution in [-0.4, -0.2) is 50.1 Å². The second kappa shape index (κ2) is 6.80. The van der Waals surface area contributed by atoms with Crippen LogP contribution in [0.25, 0.3) is 0 Å². The second-order valence-electron chi connectivity index (χ2n) is 5.11. The van der Waals surface area contributed by atoms with Crippen LogP contribution in [0.1, 0.15) is 27.2 Å². The highest BCUT2D eigenvalue weighted by Crippen LogP contribution is 1.96. The standard InChI is InChI=1S/C11H25N3O/c1-11(2,3)13-9-10(15)12-7-6-8-14(4)5/h13H,6-9H2,1-5H3,(H,12,15). The van der Waals surface area contributed by atoms with Crippen molar-refractivity contribution in [3.05, 3.63) is 0 Å². The van der Waals surface area contributed by atoms with Crippen LogP contribution >= 0.6 is 0 Å². The number of carbonyl (C=O) groups is 1. The van der Waals surface area contributed by atoms with Crippen LogP contribution < -0.4 is 10.6 Å². The minimum absolute atomic E-state index is 0.000969. The maximum Gasteiger partial charge on any atom is 0.233 e. The summed E-state index contributed by atoms with van der Waals surface area (Å²) in [6, 6.07) is 0. The van der Waals surface area contributed by atoms with E-state index in [1.807, 2.05) is 34.9 Å². The molecule has 0 aromatic rings. The summed E-state index contributed by atoms with van der Waals surface area (Å²) < 4.78 is 0. The fraction of sp³-hybridized carbons (Fsp3) is 0.909. The molecule has 0 aliphatic rings. The zero-order chi connectivity index (χ0) is 11.9. The van der Waals surface area contributed by atoms with Crippen molar-refractivity contribution in [1.29, 1.82) is 0 Å². The Morgan fingerprint density at radius 3 is 2.33 bits per heavy atom. The van der Waals surface area contributed by atoms with E-state index in [-0.39, 0.29) is 11.4 Å². The first-order valence-electron chi connectivity index (χ1n) is 5.48. The van der Waals surface area contributed by atoms with Crippen molar-refractivity contribution in [2.24, 2.45) is 0 Å². The Morgan fingerprint density at radius 2 is 1.87 bits per heavy atom. The van der Waals surface area contributed by atoms with Crippen molar-refractivity contribution in [3.63, 3.8) is 0 Å². The normalized spacial score (nSPS) is 11.9. The third-order valence-corrected chi connectivity index (χ3v) is 1.88. The van der Waals surface area contributed by atoms with E-state index in [1.54, 1.807) is 0 Å². The molecule has 4 heteroatoms. The van der Waals surface area contributed by atoms with Gasteiger partial charge in [-0.25, -0.2) is 0 Å². The van der Waals surface area contributed by atoms with Gasteiger partial charge >= 0.3 is 0 Å². The van der Waals surface area contributed by atoms with Gasteiger partial charge < -0.3 is 15.5 Å². The van der Waals surface area contributed by atoms with Gasteiger partial charge in [0, 0.05) is 12.1 Å². The molecule has 0 spiro atoms. The second-order valence-corrected chi connectivity index (χ2v) is 5.11. The van der Waals surface area contributed by atoms with Crippen molar-refractivity contribution >= 4 is 5.91 Å². The smallest absolute Gasteiger partial charge is 0.233 e. The van der Waals surface area contributed by atoms with Crippen molar-refractivity contribution in [2.75, 3.05) is 33.7 Å². The monoisotopic (exact) mass is 215 g/mol. The maximum absolute atomic E-state index is 11.3. The Hall–Kier alpha value is -0.610. The van der Waals surface area contributed by atoms with Gasteiger partial charge in [-0.3, -0.25) is 4.79 Å². The lowest BCUT2D eigenvalue weighted by atomic mass is 10.1. The number of nitrogens with one attached hydrogen (secondary N) is 2. The van der Waals surface area contributed by atoms with Gasteiger partial charge in [0.25, 0.3) is 0 Å². The summed E-state index contributed by atoms with van der Waals surface area (Å²) >= 11 is 0. The lowest BCUT2D eigenvalue weighted by molar-refractivity contribution is -0.120. The molecular weight excluding hydrogens is 190 g/mol. The van der Waals surface area contributed by atoms with Crippen LogP contribution in [-0.2, 0) is 4.79 Å². The fourth-order valence-electron chi connectivity index (χ4n) is 1.03. The van der Waals surface area contributed by atoms with Gasteiger partial charge in [0.15, 0.2) is 0 Å². The summed E-state index contributed by atoms with van der Waals surface area (Å²) in [6.07, 6.45) is 0.994. The van der Waals surface area contributed by atoms with Crippen LogP contribution in [0.2, 0.25) is 0 Å². The SMILES string of the molecule is CN(C)CCCNC(=O)CNC(C)(C)C. The maximum atomic E-state index is 11.3. The summed E-state index contributed by atoms with van der Waals surface area (Å²) in [6.45, 7) is 8.30. The lowest BCUT2D eigenvalue weighted by Crippen LogP contribution is -2.43. The van der Waals surface area contributed by atoms with Crippen LogP contribution in [0.5, 0.6) is 0 Å². The van der Waals surface area contributed by atoms with Crippen molar-refractivity contribution in [3.8, 4) is 0 Å². The average molecular weight is 215 g/mol. The highest BCUT2D eigenvalue weighted by molar-refractivity contribution is 5.78. The zero-order valence-corrected chi connectivity index (χ0v) is 10.7. The topological polar surface area (TPSA) is 44.4 Å². The molecule has 15 heavy (non-hydrogen) atoms. The highest BCUT2D eigenvalue weighted by atomic mass is 16.1. The minimum Gasteiger partial charge on any atom is -0.355 e. The van der Waals surface area contributed by atoms with E-state index in [9.17, 15) is 4.79 Å². The van der Waals surface area contributed by atoms with Gasteiger partial charge in [-0.2, -0.15) is 0 Å². The van der Waals surface area contributed by atoms with E-state index in [0.29, 0.717) is 6.54 Å². The number of hydrogen-bond acceptors (Lipinski definition) is 3. The minimum atomic E-state index is 0.000969. The van der Waals surface area contributed by atoms with Crippen molar-refractivity contribution < 1.29 is 4.79 Å². The Morgan fingerprint density at radius 1 is 1.27 bits per heavy atom. The summed E-state index contributed by atoms with van der Waals surface area (Å²) in [7, 11) is 4.06. The van der Waals surface area contributed by atoms with E-state index in [1.165, 1.54) is 0 Å². The molecule has 0 aliphatic heterocycles. The molecule has 0 radical (unpaired) electrons. The third kappa shape index (κ3) is 11.3. The molecule has 90 valence electrons. The van der Waals surface area contributed by atoms with Gasteiger partial charge in [0.2, 0.25) is 5.91 Å². The van der Waals surface area contributed by atoms with Crippen LogP contribution in [0, 0.1) is 0 Å². The van der Waals surface area contributed by atoms with E-state index in [2.05, 4.69) is 15.5 Å². The number of rotatable bonds is 6. The van der Waals surface area contributed by atoms with Crippen LogP contribution in [0.3, 0.4) is 0 Å². The predicted octanol–water partition coefficient (Wildman–Crippen LogP) is 0.442. The average Bonchev–Trinajstić information content (AvgIpc) is 2.07. The summed E-state index contributed by atoms with van der Waals surface area (Å²) in [4.78, 5) is 13.5. The highest BCUT2D eigenvalue weighted by Gasteiger charge is 2.10. The fourth-order valence-corrected chi connectivity index (χ4v) is 1.03. The van der Waals surface area contributed by atoms with E-state index < -0.39 is 0 Å². The van der Waals surface area contributed by atoms with Crippen LogP contribution in [0.15, 0.2) is 0 Å². The molecule has 0 unspecified atom stereocenters. The Kier molecular flexibility index (Phi) is 6.52. The van der Waals surface area contributed by atoms with E-state index >= 15 is 0 Å². The van der Waals surface area contributed by atoms with Gasteiger partial charge in [0.1, 0.15) is 0 Å². The number of hydrogen-bond donors (Lipinski definition) is 2. The summed E-state index contributed by atoms with van der Waals surface area (Å²) in [5, 5.41) is 6.03. The lowest BCUT2D eigenvalue weighted by Gasteiger charge is -2.20. The zero-order valence-electron chi connectivity index (χ0n) is 10.7. The van der Waals surface area contributed by atoms with Gasteiger partial charge in [0.05, 0.1) is 6.54 Å². The molecule has 0 fully saturated rings. The first kappa shape index (κ1) is 14.4. The molecule has 0 aliphatic carbocycles. The Bertz CT molecular complexity index is 185. The molecular formula is C11H25N3O. The summed E-state index contributed by atoms with van der Waals surface area (Å²) in [5.74, 6) is 0.0729. The molecule has 0 saturated heterocycles. The Balaban J connectivity index is 3.42. The van der Waals surface area contributed by atoms with E-state index in [0.717, 1.165) is 19.5 Å². The van der Waals surface area contributed by atoms with Gasteiger partial charge in [-0.15, -0.1) is 0 Å². The Labute approximate surface area is 93.4 Å². The number of amides is 1. The van der Waals surface area contributed by atoms with Crippen molar-refractivity contribution in [2.45, 2.75) is 32.7 Å². The summed E-state index contributed by atoms with van der Waals surface area (Å²) in [5.41, 5.74) is 0.000969. The molecule has 0 atom stereocenters. The van der Waals surface area contributed by atoms with Gasteiger partial charge in [-0.1, -0.05) is 0 Å². The molecule has 0 rings (SSSR count). The van der Waals surface area contributed by atoms with E-state index in [4.69, 9.17) is 0 Å². The quantitative estimate of drug-likeness (QED) is 0.632. The largest absolute Gasteiger partial charge is 0.355 e. The van der Waals surface area contributed by atoms with Gasteiger partial charge in [-0.05, 0) is 47.8 Å². The molecule has 4 nitrogen and oxygen atoms in total. The molecule has 0 heterocycles. The predicted molar refractivity (Wildman–Crippen MR) is 63.9 cm³/mol. The molecule has 0 saturated carbocycles. The molecule has 2 N–H and O–H groups in total. The first-order valence-corrected chi connectivity index (χ1v) is 5.48.